The van der Waals surface area contributed by atoms with Gasteiger partial charge in [0.05, 0.1) is 11.7 Å². The fourth-order valence-corrected chi connectivity index (χ4v) is 6.01. The number of rotatable bonds is 6. The van der Waals surface area contributed by atoms with Gasteiger partial charge in [0.25, 0.3) is 11.8 Å². The molecular weight excluding hydrogens is 546 g/mol. The van der Waals surface area contributed by atoms with E-state index in [0.717, 1.165) is 37.7 Å². The van der Waals surface area contributed by atoms with E-state index in [1.165, 1.54) is 0 Å². The molecule has 1 saturated heterocycles. The highest BCUT2D eigenvalue weighted by molar-refractivity contribution is 5.99. The summed E-state index contributed by atoms with van der Waals surface area (Å²) in [6.45, 7) is 6.19. The lowest BCUT2D eigenvalue weighted by Crippen LogP contribution is -2.60. The third kappa shape index (κ3) is 7.01. The summed E-state index contributed by atoms with van der Waals surface area (Å²) in [4.78, 5) is 59.9. The molecule has 0 spiro atoms. The van der Waals surface area contributed by atoms with E-state index in [9.17, 15) is 19.2 Å². The number of carbonyl (C=O) groups excluding carboxylic acids is 3. The Balaban J connectivity index is 1.47. The molecule has 0 radical (unpaired) electrons. The molecule has 0 bridgehead atoms. The number of carbonyl (C=O) groups is 3. The minimum Gasteiger partial charge on any atom is -0.444 e. The molecule has 5 rings (SSSR count). The monoisotopic (exact) mass is 587 g/mol. The molecule has 1 atom stereocenters. The van der Waals surface area contributed by atoms with E-state index >= 15 is 0 Å². The third-order valence-corrected chi connectivity index (χ3v) is 8.06. The molecule has 2 aromatic carbocycles. The number of aromatic amines is 1. The summed E-state index contributed by atoms with van der Waals surface area (Å²) >= 11 is 0. The highest BCUT2D eigenvalue weighted by atomic mass is 16.6. The molecule has 3 aromatic rings. The number of amides is 3. The van der Waals surface area contributed by atoms with Gasteiger partial charge >= 0.3 is 11.8 Å². The maximum absolute atomic E-state index is 14.4. The van der Waals surface area contributed by atoms with Crippen LogP contribution in [0.15, 0.2) is 65.5 Å². The molecule has 1 aliphatic heterocycles. The van der Waals surface area contributed by atoms with Crippen LogP contribution in [0.3, 0.4) is 0 Å². The number of piperazine rings is 1. The Labute approximate surface area is 252 Å². The summed E-state index contributed by atoms with van der Waals surface area (Å²) in [5.74, 6) is -0.613. The zero-order valence-corrected chi connectivity index (χ0v) is 25.2. The van der Waals surface area contributed by atoms with Gasteiger partial charge < -0.3 is 24.8 Å². The number of benzene rings is 2. The van der Waals surface area contributed by atoms with Gasteiger partial charge in [-0.25, -0.2) is 9.59 Å². The van der Waals surface area contributed by atoms with Crippen LogP contribution in [-0.2, 0) is 4.74 Å². The van der Waals surface area contributed by atoms with E-state index < -0.39 is 17.7 Å². The predicted octanol–water partition coefficient (Wildman–Crippen LogP) is 4.84. The molecule has 2 N–H and O–H groups in total. The lowest BCUT2D eigenvalue weighted by atomic mass is 9.94. The Morgan fingerprint density at radius 1 is 0.930 bits per heavy atom. The van der Waals surface area contributed by atoms with E-state index in [-0.39, 0.29) is 55.4 Å². The van der Waals surface area contributed by atoms with Crippen LogP contribution < -0.4 is 11.0 Å². The summed E-state index contributed by atoms with van der Waals surface area (Å²) in [6.07, 6.45) is 4.51. The van der Waals surface area contributed by atoms with Gasteiger partial charge in [-0.3, -0.25) is 14.2 Å². The summed E-state index contributed by atoms with van der Waals surface area (Å²) < 4.78 is 7.38. The largest absolute Gasteiger partial charge is 0.444 e. The summed E-state index contributed by atoms with van der Waals surface area (Å²) in [7, 11) is 0. The first-order chi connectivity index (χ1) is 20.6. The van der Waals surface area contributed by atoms with Gasteiger partial charge in [0.1, 0.15) is 11.3 Å². The highest BCUT2D eigenvalue weighted by Gasteiger charge is 2.37. The van der Waals surface area contributed by atoms with Crippen LogP contribution in [0.4, 0.5) is 4.79 Å². The van der Waals surface area contributed by atoms with Crippen LogP contribution >= 0.6 is 0 Å². The fraction of sp³-hybridized carbons (Fsp3) is 0.455. The number of aromatic nitrogens is 2. The van der Waals surface area contributed by atoms with Crippen molar-refractivity contribution in [1.29, 1.82) is 0 Å². The third-order valence-electron chi connectivity index (χ3n) is 8.06. The normalized spacial score (nSPS) is 17.9. The molecule has 1 unspecified atom stereocenters. The number of ether oxygens (including phenoxy) is 1. The van der Waals surface area contributed by atoms with Gasteiger partial charge in [0.15, 0.2) is 0 Å². The average molecular weight is 588 g/mol. The first-order valence-electron chi connectivity index (χ1n) is 15.1. The van der Waals surface area contributed by atoms with Gasteiger partial charge in [0.2, 0.25) is 0 Å². The summed E-state index contributed by atoms with van der Waals surface area (Å²) in [6, 6.07) is 17.8. The molecule has 1 saturated carbocycles. The van der Waals surface area contributed by atoms with E-state index in [4.69, 9.17) is 4.74 Å². The van der Waals surface area contributed by atoms with E-state index in [1.54, 1.807) is 59.4 Å². The number of hydrogen-bond donors (Lipinski definition) is 2. The Kier molecular flexibility index (Phi) is 9.03. The predicted molar refractivity (Wildman–Crippen MR) is 164 cm³/mol. The molecule has 1 aliphatic carbocycles. The fourth-order valence-electron chi connectivity index (χ4n) is 6.01. The van der Waals surface area contributed by atoms with Crippen LogP contribution in [0, 0.1) is 0 Å². The second kappa shape index (κ2) is 12.9. The van der Waals surface area contributed by atoms with Gasteiger partial charge in [-0.1, -0.05) is 67.8 Å². The first kappa shape index (κ1) is 30.1. The maximum atomic E-state index is 14.4. The van der Waals surface area contributed by atoms with Gasteiger partial charge in [0, 0.05) is 43.3 Å². The molecule has 43 heavy (non-hydrogen) atoms. The lowest BCUT2D eigenvalue weighted by molar-refractivity contribution is 0.00448. The number of nitrogens with zero attached hydrogens (tertiary/aromatic N) is 3. The molecule has 3 amide bonds. The number of nitrogens with one attached hydrogen (secondary N) is 2. The molecular formula is C33H41N5O5. The second-order valence-electron chi connectivity index (χ2n) is 12.3. The van der Waals surface area contributed by atoms with Crippen LogP contribution in [0.2, 0.25) is 0 Å². The number of H-pyrrole nitrogens is 1. The van der Waals surface area contributed by atoms with Crippen molar-refractivity contribution < 1.29 is 19.1 Å². The molecule has 228 valence electrons. The van der Waals surface area contributed by atoms with Gasteiger partial charge in [-0.05, 0) is 45.7 Å². The van der Waals surface area contributed by atoms with Crippen LogP contribution in [0.1, 0.15) is 79.8 Å². The number of imidazole rings is 1. The number of hydrogen-bond acceptors (Lipinski definition) is 5. The van der Waals surface area contributed by atoms with Crippen molar-refractivity contribution in [2.45, 2.75) is 70.6 Å². The van der Waals surface area contributed by atoms with Crippen molar-refractivity contribution in [3.63, 3.8) is 0 Å². The molecule has 1 aromatic heterocycles. The molecule has 10 heteroatoms. The minimum atomic E-state index is -0.673. The van der Waals surface area contributed by atoms with Crippen molar-refractivity contribution in [2.75, 3.05) is 26.2 Å². The van der Waals surface area contributed by atoms with Crippen molar-refractivity contribution in [1.82, 2.24) is 24.7 Å². The van der Waals surface area contributed by atoms with Crippen molar-refractivity contribution in [2.24, 2.45) is 0 Å². The zero-order valence-electron chi connectivity index (χ0n) is 25.2. The Morgan fingerprint density at radius 3 is 2.23 bits per heavy atom. The lowest BCUT2D eigenvalue weighted by Gasteiger charge is -2.41. The standard InChI is InChI=1S/C33H41N5O5/c1-33(2,3)43-32(42)36-19-20-37(26(22-36)21-34-29(39)24-15-9-5-10-16-24)30(40)27-28(23-13-7-4-8-14-23)38(31(41)35-27)25-17-11-6-12-18-25/h4-5,7-10,13-16,25-26H,6,11-12,17-22H2,1-3H3,(H,34,39)(H,35,41). The van der Waals surface area contributed by atoms with Crippen LogP contribution in [0.25, 0.3) is 11.3 Å². The minimum absolute atomic E-state index is 0.0132. The average Bonchev–Trinajstić information content (AvgIpc) is 3.36. The summed E-state index contributed by atoms with van der Waals surface area (Å²) in [5.41, 5.74) is 1.13. The Morgan fingerprint density at radius 2 is 1.58 bits per heavy atom. The van der Waals surface area contributed by atoms with Crippen LogP contribution in [-0.4, -0.2) is 75.1 Å². The SMILES string of the molecule is CC(C)(C)OC(=O)N1CCN(C(=O)c2[nH]c(=O)n(C3CCCCC3)c2-c2ccccc2)C(CNC(=O)c2ccccc2)C1. The smallest absolute Gasteiger partial charge is 0.410 e. The molecule has 2 fully saturated rings. The van der Waals surface area contributed by atoms with Gasteiger partial charge in [-0.2, -0.15) is 0 Å². The maximum Gasteiger partial charge on any atom is 0.410 e. The molecule has 10 nitrogen and oxygen atoms in total. The van der Waals surface area contributed by atoms with Crippen LogP contribution in [0.5, 0.6) is 0 Å². The van der Waals surface area contributed by atoms with E-state index in [0.29, 0.717) is 11.3 Å². The quantitative estimate of drug-likeness (QED) is 0.428. The van der Waals surface area contributed by atoms with Crippen molar-refractivity contribution in [3.05, 3.63) is 82.4 Å². The van der Waals surface area contributed by atoms with Crippen molar-refractivity contribution in [3.8, 4) is 11.3 Å². The zero-order chi connectivity index (χ0) is 30.6. The second-order valence-corrected chi connectivity index (χ2v) is 12.3. The molecule has 2 heterocycles. The first-order valence-corrected chi connectivity index (χ1v) is 15.1. The summed E-state index contributed by atoms with van der Waals surface area (Å²) in [5, 5.41) is 2.94. The van der Waals surface area contributed by atoms with E-state index in [2.05, 4.69) is 10.3 Å². The Bertz CT molecular complexity index is 1490. The highest BCUT2D eigenvalue weighted by Crippen LogP contribution is 2.33. The van der Waals surface area contributed by atoms with Crippen molar-refractivity contribution >= 4 is 17.9 Å². The molecule has 2 aliphatic rings. The van der Waals surface area contributed by atoms with E-state index in [1.807, 2.05) is 36.4 Å². The topological polar surface area (TPSA) is 117 Å². The Hall–Kier alpha value is -4.34. The van der Waals surface area contributed by atoms with Gasteiger partial charge in [-0.15, -0.1) is 0 Å².